The first-order chi connectivity index (χ1) is 4.06. The van der Waals surface area contributed by atoms with Crippen molar-refractivity contribution in [1.29, 1.82) is 0 Å². The zero-order chi connectivity index (χ0) is 7.49. The molecule has 0 radical (unpaired) electrons. The summed E-state index contributed by atoms with van der Waals surface area (Å²) in [6.45, 7) is 1.68. The standard InChI is InChI=1S/C5H8Br2O2/c1-5(2-6,3-7)4(8)9/h2-3H2,1H3,(H,8,9). The minimum atomic E-state index is -0.781. The van der Waals surface area contributed by atoms with Gasteiger partial charge in [0.1, 0.15) is 0 Å². The van der Waals surface area contributed by atoms with Crippen LogP contribution in [0.15, 0.2) is 0 Å². The number of halogens is 2. The zero-order valence-electron chi connectivity index (χ0n) is 5.03. The molecule has 0 aromatic carbocycles. The van der Waals surface area contributed by atoms with Crippen molar-refractivity contribution < 1.29 is 9.90 Å². The molecule has 0 heterocycles. The van der Waals surface area contributed by atoms with Gasteiger partial charge in [-0.15, -0.1) is 0 Å². The average Bonchev–Trinajstić information content (AvgIpc) is 1.86. The number of alkyl halides is 2. The molecule has 0 unspecified atom stereocenters. The Hall–Kier alpha value is 0.430. The SMILES string of the molecule is CC(CBr)(CBr)C(=O)O. The summed E-state index contributed by atoms with van der Waals surface area (Å²) in [5.74, 6) is -0.781. The van der Waals surface area contributed by atoms with Crippen LogP contribution >= 0.6 is 31.9 Å². The Labute approximate surface area is 70.9 Å². The van der Waals surface area contributed by atoms with Gasteiger partial charge in [-0.3, -0.25) is 4.79 Å². The van der Waals surface area contributed by atoms with E-state index < -0.39 is 11.4 Å². The van der Waals surface area contributed by atoms with Crippen LogP contribution < -0.4 is 0 Å². The van der Waals surface area contributed by atoms with Crippen LogP contribution in [-0.4, -0.2) is 21.7 Å². The van der Waals surface area contributed by atoms with Crippen LogP contribution in [0, 0.1) is 5.41 Å². The largest absolute Gasteiger partial charge is 0.481 e. The second-order valence-electron chi connectivity index (χ2n) is 2.13. The molecule has 4 heteroatoms. The number of carboxylic acids is 1. The van der Waals surface area contributed by atoms with Crippen molar-refractivity contribution in [2.24, 2.45) is 5.41 Å². The van der Waals surface area contributed by atoms with Gasteiger partial charge in [0, 0.05) is 10.7 Å². The molecule has 0 atom stereocenters. The molecular weight excluding hydrogens is 252 g/mol. The molecule has 0 saturated heterocycles. The molecule has 0 rings (SSSR count). The van der Waals surface area contributed by atoms with E-state index in [4.69, 9.17) is 5.11 Å². The fourth-order valence-electron chi connectivity index (χ4n) is 0.150. The lowest BCUT2D eigenvalue weighted by Gasteiger charge is -2.17. The fourth-order valence-corrected chi connectivity index (χ4v) is 1.56. The Balaban J connectivity index is 4.09. The predicted octanol–water partition coefficient (Wildman–Crippen LogP) is 1.87. The molecule has 0 amide bonds. The van der Waals surface area contributed by atoms with Crippen molar-refractivity contribution in [2.75, 3.05) is 10.7 Å². The van der Waals surface area contributed by atoms with Gasteiger partial charge in [0.2, 0.25) is 0 Å². The molecule has 0 saturated carbocycles. The maximum atomic E-state index is 10.4. The number of rotatable bonds is 3. The van der Waals surface area contributed by atoms with Gasteiger partial charge in [-0.2, -0.15) is 0 Å². The summed E-state index contributed by atoms with van der Waals surface area (Å²) in [4.78, 5) is 10.4. The summed E-state index contributed by atoms with van der Waals surface area (Å²) in [7, 11) is 0. The van der Waals surface area contributed by atoms with Gasteiger partial charge in [0.25, 0.3) is 0 Å². The second kappa shape index (κ2) is 3.56. The third-order valence-electron chi connectivity index (χ3n) is 1.11. The van der Waals surface area contributed by atoms with Gasteiger partial charge >= 0.3 is 5.97 Å². The number of hydrogen-bond donors (Lipinski definition) is 1. The summed E-state index contributed by atoms with van der Waals surface area (Å²) in [6.07, 6.45) is 0. The summed E-state index contributed by atoms with van der Waals surface area (Å²) in [5.41, 5.74) is -0.667. The Morgan fingerprint density at radius 1 is 1.56 bits per heavy atom. The topological polar surface area (TPSA) is 37.3 Å². The van der Waals surface area contributed by atoms with Gasteiger partial charge in [-0.25, -0.2) is 0 Å². The van der Waals surface area contributed by atoms with E-state index in [2.05, 4.69) is 31.9 Å². The first-order valence-electron chi connectivity index (χ1n) is 2.42. The quantitative estimate of drug-likeness (QED) is 0.786. The summed E-state index contributed by atoms with van der Waals surface area (Å²) >= 11 is 6.24. The number of aliphatic carboxylic acids is 1. The molecule has 0 aliphatic heterocycles. The van der Waals surface area contributed by atoms with Crippen LogP contribution in [0.5, 0.6) is 0 Å². The van der Waals surface area contributed by atoms with E-state index in [0.29, 0.717) is 10.7 Å². The molecule has 0 spiro atoms. The van der Waals surface area contributed by atoms with E-state index in [9.17, 15) is 4.79 Å². The molecule has 0 bridgehead atoms. The van der Waals surface area contributed by atoms with Crippen LogP contribution in [0.1, 0.15) is 6.92 Å². The minimum absolute atomic E-state index is 0.473. The van der Waals surface area contributed by atoms with Crippen molar-refractivity contribution >= 4 is 37.8 Å². The normalized spacial score (nSPS) is 11.4. The second-order valence-corrected chi connectivity index (χ2v) is 3.25. The highest BCUT2D eigenvalue weighted by molar-refractivity contribution is 9.09. The summed E-state index contributed by atoms with van der Waals surface area (Å²) in [6, 6.07) is 0. The molecule has 0 aliphatic rings. The van der Waals surface area contributed by atoms with E-state index in [1.54, 1.807) is 6.92 Å². The highest BCUT2D eigenvalue weighted by Crippen LogP contribution is 2.21. The molecular formula is C5H8Br2O2. The lowest BCUT2D eigenvalue weighted by Crippen LogP contribution is -2.30. The van der Waals surface area contributed by atoms with Gasteiger partial charge in [0.05, 0.1) is 5.41 Å². The Morgan fingerprint density at radius 2 is 1.89 bits per heavy atom. The predicted molar refractivity (Wildman–Crippen MR) is 43.3 cm³/mol. The molecule has 0 aliphatic carbocycles. The van der Waals surface area contributed by atoms with E-state index in [1.165, 1.54) is 0 Å². The van der Waals surface area contributed by atoms with Gasteiger partial charge in [-0.1, -0.05) is 31.9 Å². The summed E-state index contributed by atoms with van der Waals surface area (Å²) < 4.78 is 0. The number of hydrogen-bond acceptors (Lipinski definition) is 1. The third kappa shape index (κ3) is 2.26. The fraction of sp³-hybridized carbons (Fsp3) is 0.800. The third-order valence-corrected chi connectivity index (χ3v) is 3.58. The van der Waals surface area contributed by atoms with Crippen molar-refractivity contribution in [2.45, 2.75) is 6.92 Å². The lowest BCUT2D eigenvalue weighted by molar-refractivity contribution is -0.145. The Morgan fingerprint density at radius 3 is 1.89 bits per heavy atom. The van der Waals surface area contributed by atoms with Crippen molar-refractivity contribution in [3.63, 3.8) is 0 Å². The van der Waals surface area contributed by atoms with Crippen LogP contribution in [0.2, 0.25) is 0 Å². The molecule has 1 N–H and O–H groups in total. The van der Waals surface area contributed by atoms with Crippen LogP contribution in [-0.2, 0) is 4.79 Å². The number of carboxylic acid groups (broad SMARTS) is 1. The van der Waals surface area contributed by atoms with Gasteiger partial charge in [0.15, 0.2) is 0 Å². The number of carbonyl (C=O) groups is 1. The summed E-state index contributed by atoms with van der Waals surface area (Å²) in [5, 5.41) is 9.52. The zero-order valence-corrected chi connectivity index (χ0v) is 8.20. The molecule has 54 valence electrons. The maximum Gasteiger partial charge on any atom is 0.311 e. The van der Waals surface area contributed by atoms with Crippen molar-refractivity contribution in [1.82, 2.24) is 0 Å². The minimum Gasteiger partial charge on any atom is -0.481 e. The van der Waals surface area contributed by atoms with Crippen LogP contribution in [0.25, 0.3) is 0 Å². The van der Waals surface area contributed by atoms with E-state index in [0.717, 1.165) is 0 Å². The molecule has 2 nitrogen and oxygen atoms in total. The van der Waals surface area contributed by atoms with E-state index >= 15 is 0 Å². The maximum absolute atomic E-state index is 10.4. The first-order valence-corrected chi connectivity index (χ1v) is 4.66. The molecule has 0 aromatic heterocycles. The van der Waals surface area contributed by atoms with Crippen molar-refractivity contribution in [3.8, 4) is 0 Å². The lowest BCUT2D eigenvalue weighted by atomic mass is 9.97. The van der Waals surface area contributed by atoms with Gasteiger partial charge in [-0.05, 0) is 6.92 Å². The molecule has 0 fully saturated rings. The Bertz CT molecular complexity index is 110. The van der Waals surface area contributed by atoms with E-state index in [-0.39, 0.29) is 0 Å². The first kappa shape index (κ1) is 9.43. The van der Waals surface area contributed by atoms with E-state index in [1.807, 2.05) is 0 Å². The monoisotopic (exact) mass is 258 g/mol. The average molecular weight is 260 g/mol. The molecule has 0 aromatic rings. The van der Waals surface area contributed by atoms with Gasteiger partial charge < -0.3 is 5.11 Å². The highest BCUT2D eigenvalue weighted by Gasteiger charge is 2.30. The van der Waals surface area contributed by atoms with Crippen LogP contribution in [0.4, 0.5) is 0 Å². The molecule has 9 heavy (non-hydrogen) atoms. The van der Waals surface area contributed by atoms with Crippen LogP contribution in [0.3, 0.4) is 0 Å². The Kier molecular flexibility index (Phi) is 3.73. The smallest absolute Gasteiger partial charge is 0.311 e. The highest BCUT2D eigenvalue weighted by atomic mass is 79.9. The van der Waals surface area contributed by atoms with Crippen molar-refractivity contribution in [3.05, 3.63) is 0 Å².